The molecule has 1 unspecified atom stereocenters. The summed E-state index contributed by atoms with van der Waals surface area (Å²) in [5.74, 6) is -1.21. The molecule has 0 saturated carbocycles. The van der Waals surface area contributed by atoms with Gasteiger partial charge in [-0.25, -0.2) is 8.78 Å². The fraction of sp³-hybridized carbons (Fsp3) is 0.500. The number of halogens is 2. The zero-order valence-electron chi connectivity index (χ0n) is 9.22. The van der Waals surface area contributed by atoms with Crippen molar-refractivity contribution in [3.63, 3.8) is 0 Å². The van der Waals surface area contributed by atoms with E-state index in [0.717, 1.165) is 0 Å². The molecule has 0 aliphatic carbocycles. The molecule has 0 fully saturated rings. The lowest BCUT2D eigenvalue weighted by Crippen LogP contribution is -2.35. The van der Waals surface area contributed by atoms with Gasteiger partial charge < -0.3 is 5.11 Å². The normalized spacial score (nSPS) is 14.0. The molecule has 0 saturated heterocycles. The maximum atomic E-state index is 13.5. The maximum Gasteiger partial charge on any atom is 0.129 e. The van der Waals surface area contributed by atoms with Gasteiger partial charge in [-0.2, -0.15) is 0 Å². The van der Waals surface area contributed by atoms with Crippen molar-refractivity contribution in [2.45, 2.75) is 38.7 Å². The van der Waals surface area contributed by atoms with E-state index in [1.165, 1.54) is 18.2 Å². The average Bonchev–Trinajstić information content (AvgIpc) is 2.15. The van der Waals surface area contributed by atoms with Crippen LogP contribution in [-0.4, -0.2) is 11.2 Å². The van der Waals surface area contributed by atoms with Crippen molar-refractivity contribution < 1.29 is 13.9 Å². The molecule has 1 atom stereocenters. The second-order valence-electron chi connectivity index (χ2n) is 4.24. The topological polar surface area (TPSA) is 20.2 Å². The number of aliphatic hydroxyl groups is 1. The predicted molar refractivity (Wildman–Crippen MR) is 55.7 cm³/mol. The average molecular weight is 214 g/mol. The Morgan fingerprint density at radius 1 is 1.27 bits per heavy atom. The summed E-state index contributed by atoms with van der Waals surface area (Å²) in [6, 6.07) is 3.74. The number of hydrogen-bond donors (Lipinski definition) is 1. The van der Waals surface area contributed by atoms with Crippen molar-refractivity contribution in [1.29, 1.82) is 0 Å². The molecule has 3 heteroatoms. The van der Waals surface area contributed by atoms with E-state index in [1.807, 2.05) is 0 Å². The monoisotopic (exact) mass is 214 g/mol. The highest BCUT2D eigenvalue weighted by atomic mass is 19.1. The molecule has 0 amide bonds. The van der Waals surface area contributed by atoms with Crippen LogP contribution in [0.25, 0.3) is 0 Å². The molecule has 1 aromatic rings. The maximum absolute atomic E-state index is 13.5. The van der Waals surface area contributed by atoms with E-state index < -0.39 is 23.2 Å². The minimum Gasteiger partial charge on any atom is -0.392 e. The Morgan fingerprint density at radius 2 is 1.73 bits per heavy atom. The molecule has 0 heterocycles. The van der Waals surface area contributed by atoms with E-state index in [0.29, 0.717) is 6.42 Å². The summed E-state index contributed by atoms with van der Waals surface area (Å²) in [7, 11) is 0. The summed E-state index contributed by atoms with van der Waals surface area (Å²) < 4.78 is 27.0. The molecule has 1 N–H and O–H groups in total. The lowest BCUT2D eigenvalue weighted by Gasteiger charge is -2.31. The first-order valence-electron chi connectivity index (χ1n) is 5.03. The fourth-order valence-corrected chi connectivity index (χ4v) is 1.79. The molecule has 0 bridgehead atoms. The zero-order chi connectivity index (χ0) is 11.6. The summed E-state index contributed by atoms with van der Waals surface area (Å²) in [4.78, 5) is 0. The Balaban J connectivity index is 3.25. The fourth-order valence-electron chi connectivity index (χ4n) is 1.79. The van der Waals surface area contributed by atoms with Crippen LogP contribution in [0.5, 0.6) is 0 Å². The minimum absolute atomic E-state index is 0.0423. The van der Waals surface area contributed by atoms with Crippen LogP contribution in [0.4, 0.5) is 8.78 Å². The molecule has 0 aromatic heterocycles. The molecular formula is C12H16F2O. The van der Waals surface area contributed by atoms with Gasteiger partial charge in [0, 0.05) is 11.0 Å². The molecule has 0 radical (unpaired) electrons. The molecule has 1 aromatic carbocycles. The van der Waals surface area contributed by atoms with Crippen molar-refractivity contribution in [3.05, 3.63) is 35.4 Å². The number of benzene rings is 1. The predicted octanol–water partition coefficient (Wildman–Crippen LogP) is 3.01. The van der Waals surface area contributed by atoms with Crippen molar-refractivity contribution in [2.24, 2.45) is 0 Å². The van der Waals surface area contributed by atoms with E-state index in [-0.39, 0.29) is 5.56 Å². The lowest BCUT2D eigenvalue weighted by molar-refractivity contribution is 0.0917. The van der Waals surface area contributed by atoms with Gasteiger partial charge in [-0.15, -0.1) is 0 Å². The highest BCUT2D eigenvalue weighted by molar-refractivity contribution is 5.28. The van der Waals surface area contributed by atoms with Crippen LogP contribution in [0.15, 0.2) is 18.2 Å². The van der Waals surface area contributed by atoms with Gasteiger partial charge in [0.25, 0.3) is 0 Å². The minimum atomic E-state index is -0.913. The Kier molecular flexibility index (Phi) is 3.45. The Morgan fingerprint density at radius 3 is 2.13 bits per heavy atom. The number of hydrogen-bond acceptors (Lipinski definition) is 1. The molecule has 1 rings (SSSR count). The summed E-state index contributed by atoms with van der Waals surface area (Å²) in [5.41, 5.74) is -0.955. The Labute approximate surface area is 88.7 Å². The van der Waals surface area contributed by atoms with Crippen LogP contribution in [-0.2, 0) is 5.41 Å². The van der Waals surface area contributed by atoms with Gasteiger partial charge in [0.15, 0.2) is 0 Å². The third-order valence-electron chi connectivity index (χ3n) is 2.83. The quantitative estimate of drug-likeness (QED) is 0.820. The molecule has 15 heavy (non-hydrogen) atoms. The number of aliphatic hydroxyl groups excluding tert-OH is 1. The molecule has 84 valence electrons. The zero-order valence-corrected chi connectivity index (χ0v) is 9.22. The smallest absolute Gasteiger partial charge is 0.129 e. The van der Waals surface area contributed by atoms with Crippen LogP contribution >= 0.6 is 0 Å². The molecule has 0 spiro atoms. The van der Waals surface area contributed by atoms with E-state index in [1.54, 1.807) is 20.8 Å². The highest BCUT2D eigenvalue weighted by Crippen LogP contribution is 2.32. The van der Waals surface area contributed by atoms with Crippen molar-refractivity contribution >= 4 is 0 Å². The van der Waals surface area contributed by atoms with Gasteiger partial charge in [-0.1, -0.05) is 26.8 Å². The summed E-state index contributed by atoms with van der Waals surface area (Å²) in [5, 5.41) is 9.75. The van der Waals surface area contributed by atoms with Gasteiger partial charge in [0.1, 0.15) is 11.6 Å². The second-order valence-corrected chi connectivity index (χ2v) is 4.24. The van der Waals surface area contributed by atoms with Crippen molar-refractivity contribution in [2.75, 3.05) is 0 Å². The van der Waals surface area contributed by atoms with Gasteiger partial charge in [-0.05, 0) is 18.6 Å². The van der Waals surface area contributed by atoms with E-state index in [4.69, 9.17) is 0 Å². The molecular weight excluding hydrogens is 198 g/mol. The SMILES string of the molecule is CCC(O)C(C)(C)c1c(F)cccc1F. The van der Waals surface area contributed by atoms with E-state index in [2.05, 4.69) is 0 Å². The molecule has 0 aliphatic heterocycles. The van der Waals surface area contributed by atoms with E-state index in [9.17, 15) is 13.9 Å². The largest absolute Gasteiger partial charge is 0.392 e. The summed E-state index contributed by atoms with van der Waals surface area (Å²) >= 11 is 0. The van der Waals surface area contributed by atoms with Gasteiger partial charge in [-0.3, -0.25) is 0 Å². The first kappa shape index (κ1) is 12.1. The highest BCUT2D eigenvalue weighted by Gasteiger charge is 2.33. The van der Waals surface area contributed by atoms with E-state index >= 15 is 0 Å². The molecule has 1 nitrogen and oxygen atoms in total. The first-order valence-corrected chi connectivity index (χ1v) is 5.03. The standard InChI is InChI=1S/C12H16F2O/c1-4-10(15)12(2,3)11-8(13)6-5-7-9(11)14/h5-7,10,15H,4H2,1-3H3. The van der Waals surface area contributed by atoms with Gasteiger partial charge >= 0.3 is 0 Å². The Hall–Kier alpha value is -0.960. The van der Waals surface area contributed by atoms with Gasteiger partial charge in [0.2, 0.25) is 0 Å². The summed E-state index contributed by atoms with van der Waals surface area (Å²) in [6.45, 7) is 5.07. The van der Waals surface area contributed by atoms with Crippen molar-refractivity contribution in [1.82, 2.24) is 0 Å². The van der Waals surface area contributed by atoms with Crippen molar-refractivity contribution in [3.8, 4) is 0 Å². The van der Waals surface area contributed by atoms with Crippen LogP contribution in [0.3, 0.4) is 0 Å². The summed E-state index contributed by atoms with van der Waals surface area (Å²) in [6.07, 6.45) is -0.301. The number of rotatable bonds is 3. The third-order valence-corrected chi connectivity index (χ3v) is 2.83. The Bertz CT molecular complexity index is 327. The van der Waals surface area contributed by atoms with Crippen LogP contribution in [0.2, 0.25) is 0 Å². The first-order chi connectivity index (χ1) is 6.91. The van der Waals surface area contributed by atoms with Crippen LogP contribution in [0, 0.1) is 11.6 Å². The molecule has 0 aliphatic rings. The van der Waals surface area contributed by atoms with Crippen LogP contribution in [0.1, 0.15) is 32.8 Å². The lowest BCUT2D eigenvalue weighted by atomic mass is 9.78. The van der Waals surface area contributed by atoms with Crippen LogP contribution < -0.4 is 0 Å². The third kappa shape index (κ3) is 2.17. The second kappa shape index (κ2) is 4.27. The van der Waals surface area contributed by atoms with Gasteiger partial charge in [0.05, 0.1) is 6.10 Å².